The zero-order chi connectivity index (χ0) is 11.8. The van der Waals surface area contributed by atoms with E-state index in [2.05, 4.69) is 6.07 Å². The summed E-state index contributed by atoms with van der Waals surface area (Å²) in [6.45, 7) is 0. The van der Waals surface area contributed by atoms with Crippen LogP contribution in [0.25, 0.3) is 21.5 Å². The highest BCUT2D eigenvalue weighted by atomic mass is 16.5. The molecule has 3 aromatic rings. The predicted molar refractivity (Wildman–Crippen MR) is 65.1 cm³/mol. The first-order chi connectivity index (χ1) is 8.29. The van der Waals surface area contributed by atoms with Crippen LogP contribution in [0.1, 0.15) is 5.56 Å². The Labute approximate surface area is 97.7 Å². The number of hydrogen-bond acceptors (Lipinski definition) is 2. The van der Waals surface area contributed by atoms with E-state index in [-0.39, 0.29) is 0 Å². The van der Waals surface area contributed by atoms with Gasteiger partial charge in [0.25, 0.3) is 0 Å². The molecule has 0 aliphatic carbocycles. The summed E-state index contributed by atoms with van der Waals surface area (Å²) in [5.41, 5.74) is 0.636. The molecule has 0 spiro atoms. The standard InChI is InChI=1S/C14H8N2O/c15-8-11-7-10-5-6-16(17)9-14(10)13-4-2-1-3-12(11)13/h1-7,9H. The van der Waals surface area contributed by atoms with Crippen LogP contribution in [-0.4, -0.2) is 0 Å². The quantitative estimate of drug-likeness (QED) is 0.332. The number of rotatable bonds is 0. The van der Waals surface area contributed by atoms with Crippen LogP contribution in [-0.2, 0) is 0 Å². The van der Waals surface area contributed by atoms with E-state index in [1.165, 1.54) is 6.20 Å². The van der Waals surface area contributed by atoms with E-state index in [1.54, 1.807) is 12.3 Å². The third kappa shape index (κ3) is 1.39. The van der Waals surface area contributed by atoms with Gasteiger partial charge in [0.2, 0.25) is 0 Å². The normalized spacial score (nSPS) is 10.5. The van der Waals surface area contributed by atoms with Crippen LogP contribution >= 0.6 is 0 Å². The van der Waals surface area contributed by atoms with Gasteiger partial charge in [0.1, 0.15) is 0 Å². The van der Waals surface area contributed by atoms with Crippen LogP contribution in [0.3, 0.4) is 0 Å². The smallest absolute Gasteiger partial charge is 0.188 e. The van der Waals surface area contributed by atoms with Crippen molar-refractivity contribution >= 4 is 21.5 Å². The molecular formula is C14H8N2O. The summed E-state index contributed by atoms with van der Waals surface area (Å²) in [5, 5.41) is 24.1. The van der Waals surface area contributed by atoms with Gasteiger partial charge in [-0.15, -0.1) is 0 Å². The largest absolute Gasteiger partial charge is 0.619 e. The van der Waals surface area contributed by atoms with E-state index in [0.29, 0.717) is 5.56 Å². The molecule has 0 unspecified atom stereocenters. The Morgan fingerprint density at radius 2 is 1.82 bits per heavy atom. The molecule has 0 saturated heterocycles. The maximum atomic E-state index is 11.3. The van der Waals surface area contributed by atoms with Crippen molar-refractivity contribution in [3.8, 4) is 6.07 Å². The van der Waals surface area contributed by atoms with E-state index in [9.17, 15) is 5.21 Å². The molecule has 3 heteroatoms. The predicted octanol–water partition coefficient (Wildman–Crippen LogP) is 2.50. The Morgan fingerprint density at radius 3 is 2.59 bits per heavy atom. The number of aromatic nitrogens is 1. The molecule has 17 heavy (non-hydrogen) atoms. The van der Waals surface area contributed by atoms with E-state index in [1.807, 2.05) is 30.3 Å². The maximum absolute atomic E-state index is 11.3. The van der Waals surface area contributed by atoms with Gasteiger partial charge in [-0.25, -0.2) is 0 Å². The minimum atomic E-state index is 0.636. The lowest BCUT2D eigenvalue weighted by atomic mass is 9.99. The summed E-state index contributed by atoms with van der Waals surface area (Å²) in [6, 6.07) is 13.4. The Bertz CT molecular complexity index is 772. The van der Waals surface area contributed by atoms with Crippen molar-refractivity contribution in [3.05, 3.63) is 59.6 Å². The number of nitriles is 1. The zero-order valence-electron chi connectivity index (χ0n) is 8.92. The molecule has 0 fully saturated rings. The summed E-state index contributed by atoms with van der Waals surface area (Å²) in [6.07, 6.45) is 2.98. The van der Waals surface area contributed by atoms with Crippen LogP contribution in [0.2, 0.25) is 0 Å². The van der Waals surface area contributed by atoms with Crippen LogP contribution < -0.4 is 4.73 Å². The Hall–Kier alpha value is -2.60. The summed E-state index contributed by atoms with van der Waals surface area (Å²) in [4.78, 5) is 0. The number of pyridine rings is 1. The molecular weight excluding hydrogens is 212 g/mol. The fourth-order valence-electron chi connectivity index (χ4n) is 2.12. The summed E-state index contributed by atoms with van der Waals surface area (Å²) in [5.74, 6) is 0. The van der Waals surface area contributed by atoms with Crippen LogP contribution in [0.5, 0.6) is 0 Å². The third-order valence-corrected chi connectivity index (χ3v) is 2.90. The van der Waals surface area contributed by atoms with Gasteiger partial charge in [0.15, 0.2) is 12.4 Å². The van der Waals surface area contributed by atoms with Gasteiger partial charge in [-0.3, -0.25) is 0 Å². The van der Waals surface area contributed by atoms with Crippen molar-refractivity contribution in [1.82, 2.24) is 0 Å². The number of fused-ring (bicyclic) bond motifs is 3. The molecule has 3 nitrogen and oxygen atoms in total. The fraction of sp³-hybridized carbons (Fsp3) is 0. The molecule has 1 aromatic heterocycles. The average molecular weight is 220 g/mol. The second kappa shape index (κ2) is 3.46. The molecule has 3 rings (SSSR count). The molecule has 0 atom stereocenters. The molecule has 0 saturated carbocycles. The lowest BCUT2D eigenvalue weighted by molar-refractivity contribution is -0.603. The molecule has 0 aliphatic heterocycles. The number of benzene rings is 2. The third-order valence-electron chi connectivity index (χ3n) is 2.90. The Morgan fingerprint density at radius 1 is 1.06 bits per heavy atom. The van der Waals surface area contributed by atoms with E-state index < -0.39 is 0 Å². The van der Waals surface area contributed by atoms with Gasteiger partial charge in [0, 0.05) is 11.5 Å². The van der Waals surface area contributed by atoms with Crippen molar-refractivity contribution < 1.29 is 4.73 Å². The fourth-order valence-corrected chi connectivity index (χ4v) is 2.12. The van der Waals surface area contributed by atoms with E-state index in [4.69, 9.17) is 5.26 Å². The van der Waals surface area contributed by atoms with Crippen LogP contribution in [0.4, 0.5) is 0 Å². The topological polar surface area (TPSA) is 50.7 Å². The van der Waals surface area contributed by atoms with Gasteiger partial charge in [-0.1, -0.05) is 24.3 Å². The van der Waals surface area contributed by atoms with Gasteiger partial charge in [-0.2, -0.15) is 9.99 Å². The second-order valence-electron chi connectivity index (χ2n) is 3.89. The molecule has 1 heterocycles. The van der Waals surface area contributed by atoms with Crippen molar-refractivity contribution in [3.63, 3.8) is 0 Å². The molecule has 80 valence electrons. The average Bonchev–Trinajstić information content (AvgIpc) is 2.38. The first kappa shape index (κ1) is 9.61. The first-order valence-electron chi connectivity index (χ1n) is 5.24. The SMILES string of the molecule is N#Cc1cc2cc[n+]([O-])cc2c2ccccc12. The van der Waals surface area contributed by atoms with Gasteiger partial charge in [-0.05, 0) is 16.8 Å². The molecule has 2 aromatic carbocycles. The van der Waals surface area contributed by atoms with Gasteiger partial charge in [0.05, 0.1) is 17.0 Å². The molecule has 0 N–H and O–H groups in total. The van der Waals surface area contributed by atoms with Crippen LogP contribution in [0, 0.1) is 16.5 Å². The van der Waals surface area contributed by atoms with E-state index in [0.717, 1.165) is 26.3 Å². The van der Waals surface area contributed by atoms with Crippen molar-refractivity contribution in [2.45, 2.75) is 0 Å². The monoisotopic (exact) mass is 220 g/mol. The summed E-state index contributed by atoms with van der Waals surface area (Å²) < 4.78 is 0.779. The maximum Gasteiger partial charge on any atom is 0.188 e. The zero-order valence-corrected chi connectivity index (χ0v) is 8.92. The first-order valence-corrected chi connectivity index (χ1v) is 5.24. The Kier molecular flexibility index (Phi) is 1.96. The minimum absolute atomic E-state index is 0.636. The lowest BCUT2D eigenvalue weighted by Gasteiger charge is -2.05. The van der Waals surface area contributed by atoms with Gasteiger partial charge < -0.3 is 5.21 Å². The molecule has 0 amide bonds. The molecule has 0 aliphatic rings. The number of hydrogen-bond donors (Lipinski definition) is 0. The summed E-state index contributed by atoms with van der Waals surface area (Å²) in [7, 11) is 0. The molecule has 0 radical (unpaired) electrons. The Balaban J connectivity index is 2.61. The highest BCUT2D eigenvalue weighted by Crippen LogP contribution is 2.27. The number of nitrogens with zero attached hydrogens (tertiary/aromatic N) is 2. The van der Waals surface area contributed by atoms with Crippen molar-refractivity contribution in [2.24, 2.45) is 0 Å². The highest BCUT2D eigenvalue weighted by molar-refractivity contribution is 6.09. The summed E-state index contributed by atoms with van der Waals surface area (Å²) >= 11 is 0. The van der Waals surface area contributed by atoms with Crippen molar-refractivity contribution in [1.29, 1.82) is 5.26 Å². The second-order valence-corrected chi connectivity index (χ2v) is 3.89. The lowest BCUT2D eigenvalue weighted by Crippen LogP contribution is -2.23. The van der Waals surface area contributed by atoms with Crippen molar-refractivity contribution in [2.75, 3.05) is 0 Å². The highest BCUT2D eigenvalue weighted by Gasteiger charge is 2.07. The minimum Gasteiger partial charge on any atom is -0.619 e. The van der Waals surface area contributed by atoms with Crippen LogP contribution in [0.15, 0.2) is 48.8 Å². The van der Waals surface area contributed by atoms with Gasteiger partial charge >= 0.3 is 0 Å². The molecule has 0 bridgehead atoms. The van der Waals surface area contributed by atoms with E-state index >= 15 is 0 Å².